The van der Waals surface area contributed by atoms with Gasteiger partial charge in [-0.2, -0.15) is 0 Å². The fourth-order valence-corrected chi connectivity index (χ4v) is 0.684. The molecule has 0 amide bonds. The monoisotopic (exact) mass is 143 g/mol. The number of carbonyl (C=O) groups is 1. The van der Waals surface area contributed by atoms with E-state index in [1.165, 1.54) is 6.08 Å². The average Bonchev–Trinajstić information content (AvgIpc) is 1.83. The van der Waals surface area contributed by atoms with Crippen LogP contribution in [0.25, 0.3) is 0 Å². The van der Waals surface area contributed by atoms with E-state index in [0.717, 1.165) is 5.06 Å². The second-order valence-electron chi connectivity index (χ2n) is 1.65. The van der Waals surface area contributed by atoms with Gasteiger partial charge in [0.05, 0.1) is 6.54 Å². The first kappa shape index (κ1) is 6.38. The molecular weight excluding hydrogens is 138 g/mol. The van der Waals surface area contributed by atoms with Crippen LogP contribution >= 0.6 is 12.2 Å². The van der Waals surface area contributed by atoms with Crippen LogP contribution in [0.5, 0.6) is 0 Å². The molecule has 0 fully saturated rings. The second-order valence-corrected chi connectivity index (χ2v) is 2.04. The predicted molar refractivity (Wildman–Crippen MR) is 35.2 cm³/mol. The zero-order valence-electron chi connectivity index (χ0n) is 4.57. The number of ketones is 1. The standard InChI is InChI=1S/C5H5NO2S/c7-4-2-1-3-6(8)5(4)9/h1-2,8H,3H2. The molecule has 1 N–H and O–H groups in total. The molecule has 0 aromatic carbocycles. The Labute approximate surface area is 57.5 Å². The third-order valence-corrected chi connectivity index (χ3v) is 1.40. The number of thiocarbonyl (C=S) groups is 1. The molecule has 0 atom stereocenters. The van der Waals surface area contributed by atoms with Crippen molar-refractivity contribution in [1.29, 1.82) is 0 Å². The molecule has 0 aromatic heterocycles. The first-order chi connectivity index (χ1) is 4.22. The van der Waals surface area contributed by atoms with Gasteiger partial charge in [0.15, 0.2) is 4.99 Å². The first-order valence-corrected chi connectivity index (χ1v) is 2.84. The van der Waals surface area contributed by atoms with Crippen molar-refractivity contribution in [3.63, 3.8) is 0 Å². The van der Waals surface area contributed by atoms with E-state index < -0.39 is 0 Å². The van der Waals surface area contributed by atoms with Gasteiger partial charge in [-0.25, -0.2) is 5.06 Å². The quantitative estimate of drug-likeness (QED) is 0.490. The Bertz CT molecular complexity index is 187. The van der Waals surface area contributed by atoms with Gasteiger partial charge in [-0.1, -0.05) is 18.3 Å². The lowest BCUT2D eigenvalue weighted by molar-refractivity contribution is -0.112. The van der Waals surface area contributed by atoms with Crippen molar-refractivity contribution < 1.29 is 10.0 Å². The Morgan fingerprint density at radius 2 is 2.44 bits per heavy atom. The molecule has 0 unspecified atom stereocenters. The minimum Gasteiger partial charge on any atom is -0.287 e. The third-order valence-electron chi connectivity index (χ3n) is 0.993. The molecule has 1 heterocycles. The van der Waals surface area contributed by atoms with E-state index in [1.807, 2.05) is 0 Å². The van der Waals surface area contributed by atoms with E-state index in [9.17, 15) is 4.79 Å². The van der Waals surface area contributed by atoms with Crippen LogP contribution in [-0.4, -0.2) is 27.6 Å². The summed E-state index contributed by atoms with van der Waals surface area (Å²) in [7, 11) is 0. The van der Waals surface area contributed by atoms with Gasteiger partial charge in [0.2, 0.25) is 5.78 Å². The number of hydrogen-bond donors (Lipinski definition) is 1. The van der Waals surface area contributed by atoms with Gasteiger partial charge in [0.25, 0.3) is 0 Å². The minimum atomic E-state index is -0.307. The molecule has 9 heavy (non-hydrogen) atoms. The average molecular weight is 143 g/mol. The Morgan fingerprint density at radius 3 is 2.89 bits per heavy atom. The van der Waals surface area contributed by atoms with Crippen LogP contribution in [-0.2, 0) is 4.79 Å². The van der Waals surface area contributed by atoms with Gasteiger partial charge in [0.1, 0.15) is 0 Å². The van der Waals surface area contributed by atoms with Crippen LogP contribution in [0.3, 0.4) is 0 Å². The Hall–Kier alpha value is -0.740. The summed E-state index contributed by atoms with van der Waals surface area (Å²) >= 11 is 4.53. The molecular formula is C5H5NO2S. The maximum absolute atomic E-state index is 10.6. The molecule has 0 aliphatic carbocycles. The van der Waals surface area contributed by atoms with Crippen molar-refractivity contribution in [2.75, 3.05) is 6.54 Å². The Kier molecular flexibility index (Phi) is 1.59. The molecule has 48 valence electrons. The van der Waals surface area contributed by atoms with Gasteiger partial charge in [-0.15, -0.1) is 0 Å². The molecule has 1 aliphatic heterocycles. The minimum absolute atomic E-state index is 0.0301. The van der Waals surface area contributed by atoms with Crippen molar-refractivity contribution in [2.45, 2.75) is 0 Å². The SMILES string of the molecule is O=C1C=CCN(O)C1=S. The van der Waals surface area contributed by atoms with E-state index in [0.29, 0.717) is 6.54 Å². The van der Waals surface area contributed by atoms with E-state index >= 15 is 0 Å². The molecule has 0 aromatic rings. The molecule has 1 rings (SSSR count). The van der Waals surface area contributed by atoms with Crippen molar-refractivity contribution in [3.05, 3.63) is 12.2 Å². The van der Waals surface area contributed by atoms with Crippen molar-refractivity contribution >= 4 is 23.0 Å². The van der Waals surface area contributed by atoms with Crippen molar-refractivity contribution in [1.82, 2.24) is 5.06 Å². The lowest BCUT2D eigenvalue weighted by atomic mass is 10.3. The van der Waals surface area contributed by atoms with E-state index in [4.69, 9.17) is 5.21 Å². The molecule has 0 radical (unpaired) electrons. The summed E-state index contributed by atoms with van der Waals surface area (Å²) in [5.74, 6) is -0.307. The molecule has 4 heteroatoms. The van der Waals surface area contributed by atoms with Crippen molar-refractivity contribution in [2.24, 2.45) is 0 Å². The van der Waals surface area contributed by atoms with E-state index in [1.54, 1.807) is 6.08 Å². The van der Waals surface area contributed by atoms with Crippen molar-refractivity contribution in [3.8, 4) is 0 Å². The van der Waals surface area contributed by atoms with Crippen LogP contribution in [0.1, 0.15) is 0 Å². The van der Waals surface area contributed by atoms with Gasteiger partial charge in [0, 0.05) is 0 Å². The zero-order chi connectivity index (χ0) is 6.85. The highest BCUT2D eigenvalue weighted by Crippen LogP contribution is 1.97. The largest absolute Gasteiger partial charge is 0.287 e. The number of carbonyl (C=O) groups excluding carboxylic acids is 1. The summed E-state index contributed by atoms with van der Waals surface area (Å²) in [6.45, 7) is 0.310. The molecule has 0 bridgehead atoms. The maximum atomic E-state index is 10.6. The highest BCUT2D eigenvalue weighted by atomic mass is 32.1. The Morgan fingerprint density at radius 1 is 1.78 bits per heavy atom. The fraction of sp³-hybridized carbons (Fsp3) is 0.200. The maximum Gasteiger partial charge on any atom is 0.214 e. The highest BCUT2D eigenvalue weighted by molar-refractivity contribution is 7.82. The van der Waals surface area contributed by atoms with Crippen LogP contribution in [0, 0.1) is 0 Å². The normalized spacial score (nSPS) is 19.0. The highest BCUT2D eigenvalue weighted by Gasteiger charge is 2.15. The molecule has 3 nitrogen and oxygen atoms in total. The summed E-state index contributed by atoms with van der Waals surface area (Å²) < 4.78 is 0. The fourth-order valence-electron chi connectivity index (χ4n) is 0.541. The van der Waals surface area contributed by atoms with Gasteiger partial charge >= 0.3 is 0 Å². The number of hydrogen-bond acceptors (Lipinski definition) is 3. The van der Waals surface area contributed by atoms with Gasteiger partial charge in [-0.3, -0.25) is 10.0 Å². The summed E-state index contributed by atoms with van der Waals surface area (Å²) in [5.41, 5.74) is 0. The summed E-state index contributed by atoms with van der Waals surface area (Å²) in [6, 6.07) is 0. The lowest BCUT2D eigenvalue weighted by Crippen LogP contribution is -2.34. The topological polar surface area (TPSA) is 40.5 Å². The second kappa shape index (κ2) is 2.24. The van der Waals surface area contributed by atoms with Crippen LogP contribution < -0.4 is 0 Å². The first-order valence-electron chi connectivity index (χ1n) is 2.43. The van der Waals surface area contributed by atoms with Crippen LogP contribution in [0.4, 0.5) is 0 Å². The zero-order valence-corrected chi connectivity index (χ0v) is 5.39. The number of nitrogens with zero attached hydrogens (tertiary/aromatic N) is 1. The molecule has 1 aliphatic rings. The van der Waals surface area contributed by atoms with Gasteiger partial charge < -0.3 is 0 Å². The molecule has 0 saturated heterocycles. The summed E-state index contributed by atoms with van der Waals surface area (Å²) in [6.07, 6.45) is 2.91. The predicted octanol–water partition coefficient (Wildman–Crippen LogP) is 0.144. The summed E-state index contributed by atoms with van der Waals surface area (Å²) in [5, 5.41) is 9.52. The van der Waals surface area contributed by atoms with E-state index in [-0.39, 0.29) is 10.8 Å². The van der Waals surface area contributed by atoms with Gasteiger partial charge in [-0.05, 0) is 6.08 Å². The molecule has 0 spiro atoms. The van der Waals surface area contributed by atoms with Crippen LogP contribution in [0.2, 0.25) is 0 Å². The number of hydroxylamine groups is 2. The van der Waals surface area contributed by atoms with Crippen LogP contribution in [0.15, 0.2) is 12.2 Å². The molecule has 0 saturated carbocycles. The van der Waals surface area contributed by atoms with E-state index in [2.05, 4.69) is 12.2 Å². The Balaban J connectivity index is 2.81. The summed E-state index contributed by atoms with van der Waals surface area (Å²) in [4.78, 5) is 10.5. The third kappa shape index (κ3) is 1.14. The number of rotatable bonds is 0. The lowest BCUT2D eigenvalue weighted by Gasteiger charge is -2.16. The smallest absolute Gasteiger partial charge is 0.214 e.